The molecule has 0 fully saturated rings. The van der Waals surface area contributed by atoms with Crippen molar-refractivity contribution >= 4 is 0 Å². The largest absolute Gasteiger partial charge is 0.307 e. The fourth-order valence-corrected chi connectivity index (χ4v) is 1.68. The van der Waals surface area contributed by atoms with Gasteiger partial charge in [-0.3, -0.25) is 4.68 Å². The highest BCUT2D eigenvalue weighted by Gasteiger charge is 2.06. The molecule has 86 valence electrons. The van der Waals surface area contributed by atoms with E-state index in [-0.39, 0.29) is 0 Å². The van der Waals surface area contributed by atoms with E-state index in [0.717, 1.165) is 18.9 Å². The molecule has 0 saturated carbocycles. The third-order valence-electron chi connectivity index (χ3n) is 2.89. The highest BCUT2D eigenvalue weighted by molar-refractivity contribution is 5.04. The van der Waals surface area contributed by atoms with Crippen molar-refractivity contribution in [1.29, 1.82) is 0 Å². The predicted molar refractivity (Wildman–Crippen MR) is 63.9 cm³/mol. The summed E-state index contributed by atoms with van der Waals surface area (Å²) < 4.78 is 1.88. The molecule has 0 aromatic carbocycles. The summed E-state index contributed by atoms with van der Waals surface area (Å²) >= 11 is 0. The zero-order valence-electron chi connectivity index (χ0n) is 10.4. The fraction of sp³-hybridized carbons (Fsp3) is 0.750. The Labute approximate surface area is 93.1 Å². The van der Waals surface area contributed by atoms with Crippen molar-refractivity contribution in [2.75, 3.05) is 20.1 Å². The van der Waals surface area contributed by atoms with Crippen LogP contribution in [-0.4, -0.2) is 34.8 Å². The van der Waals surface area contributed by atoms with Crippen LogP contribution >= 0.6 is 0 Å². The minimum absolute atomic E-state index is 0.739. The van der Waals surface area contributed by atoms with Gasteiger partial charge in [0, 0.05) is 13.2 Å². The van der Waals surface area contributed by atoms with E-state index in [1.165, 1.54) is 18.5 Å². The van der Waals surface area contributed by atoms with E-state index >= 15 is 0 Å². The summed E-state index contributed by atoms with van der Waals surface area (Å²) in [7, 11) is 4.15. The summed E-state index contributed by atoms with van der Waals surface area (Å²) in [6, 6.07) is 0. The van der Waals surface area contributed by atoms with E-state index in [0.29, 0.717) is 0 Å². The van der Waals surface area contributed by atoms with Crippen molar-refractivity contribution in [2.45, 2.75) is 26.7 Å². The van der Waals surface area contributed by atoms with Gasteiger partial charge in [0.05, 0.1) is 6.20 Å². The summed E-state index contributed by atoms with van der Waals surface area (Å²) in [5, 5.41) is 4.19. The molecule has 0 aliphatic carbocycles. The minimum Gasteiger partial charge on any atom is -0.307 e. The fourth-order valence-electron chi connectivity index (χ4n) is 1.68. The van der Waals surface area contributed by atoms with Gasteiger partial charge in [-0.1, -0.05) is 13.8 Å². The van der Waals surface area contributed by atoms with Gasteiger partial charge >= 0.3 is 0 Å². The highest BCUT2D eigenvalue weighted by atomic mass is 15.2. The zero-order chi connectivity index (χ0) is 11.3. The van der Waals surface area contributed by atoms with Crippen molar-refractivity contribution in [1.82, 2.24) is 14.7 Å². The third kappa shape index (κ3) is 4.47. The van der Waals surface area contributed by atoms with Crippen LogP contribution < -0.4 is 0 Å². The van der Waals surface area contributed by atoms with Gasteiger partial charge in [-0.05, 0) is 44.5 Å². The van der Waals surface area contributed by atoms with E-state index in [1.54, 1.807) is 0 Å². The van der Waals surface area contributed by atoms with Crippen LogP contribution in [0.2, 0.25) is 0 Å². The molecule has 0 amide bonds. The van der Waals surface area contributed by atoms with Crippen LogP contribution in [0.4, 0.5) is 0 Å². The third-order valence-corrected chi connectivity index (χ3v) is 2.89. The number of nitrogens with zero attached hydrogens (tertiary/aromatic N) is 3. The number of hydrogen-bond donors (Lipinski definition) is 0. The van der Waals surface area contributed by atoms with Crippen molar-refractivity contribution < 1.29 is 0 Å². The Hall–Kier alpha value is -0.830. The molecule has 0 aliphatic heterocycles. The SMILES string of the molecule is CCN(C)CCC(C)Cc1cnn(C)c1. The Morgan fingerprint density at radius 3 is 2.80 bits per heavy atom. The van der Waals surface area contributed by atoms with E-state index in [9.17, 15) is 0 Å². The lowest BCUT2D eigenvalue weighted by molar-refractivity contribution is 0.319. The van der Waals surface area contributed by atoms with Gasteiger partial charge < -0.3 is 4.90 Å². The molecule has 0 spiro atoms. The molecule has 0 aliphatic rings. The lowest BCUT2D eigenvalue weighted by atomic mass is 10.0. The first-order valence-electron chi connectivity index (χ1n) is 5.78. The molecular formula is C12H23N3. The number of aryl methyl sites for hydroxylation is 1. The molecule has 0 saturated heterocycles. The van der Waals surface area contributed by atoms with Gasteiger partial charge in [0.1, 0.15) is 0 Å². The Kier molecular flexibility index (Phi) is 4.82. The molecule has 1 aromatic heterocycles. The summed E-state index contributed by atoms with van der Waals surface area (Å²) in [4.78, 5) is 2.36. The van der Waals surface area contributed by atoms with Gasteiger partial charge in [0.15, 0.2) is 0 Å². The Balaban J connectivity index is 2.27. The van der Waals surface area contributed by atoms with Gasteiger partial charge in [0.2, 0.25) is 0 Å². The molecule has 1 rings (SSSR count). The number of aromatic nitrogens is 2. The van der Waals surface area contributed by atoms with Crippen LogP contribution in [-0.2, 0) is 13.5 Å². The smallest absolute Gasteiger partial charge is 0.0521 e. The van der Waals surface area contributed by atoms with Gasteiger partial charge in [0.25, 0.3) is 0 Å². The van der Waals surface area contributed by atoms with E-state index < -0.39 is 0 Å². The standard InChI is InChI=1S/C12H23N3/c1-5-14(3)7-6-11(2)8-12-9-13-15(4)10-12/h9-11H,5-8H2,1-4H3. The molecule has 15 heavy (non-hydrogen) atoms. The second kappa shape index (κ2) is 5.91. The van der Waals surface area contributed by atoms with Crippen molar-refractivity contribution in [3.05, 3.63) is 18.0 Å². The average molecular weight is 209 g/mol. The maximum Gasteiger partial charge on any atom is 0.0521 e. The first-order valence-corrected chi connectivity index (χ1v) is 5.78. The normalized spacial score (nSPS) is 13.4. The average Bonchev–Trinajstić information content (AvgIpc) is 2.60. The van der Waals surface area contributed by atoms with E-state index in [1.807, 2.05) is 17.9 Å². The van der Waals surface area contributed by atoms with Crippen LogP contribution in [0.1, 0.15) is 25.8 Å². The summed E-state index contributed by atoms with van der Waals surface area (Å²) in [6.07, 6.45) is 6.49. The maximum absolute atomic E-state index is 4.19. The van der Waals surface area contributed by atoms with Crippen molar-refractivity contribution in [3.8, 4) is 0 Å². The molecule has 0 N–H and O–H groups in total. The lowest BCUT2D eigenvalue weighted by Crippen LogP contribution is -2.21. The summed E-state index contributed by atoms with van der Waals surface area (Å²) in [6.45, 7) is 6.85. The van der Waals surface area contributed by atoms with Crippen LogP contribution in [0.3, 0.4) is 0 Å². The van der Waals surface area contributed by atoms with Crippen LogP contribution in [0.15, 0.2) is 12.4 Å². The molecule has 0 radical (unpaired) electrons. The first kappa shape index (κ1) is 12.2. The van der Waals surface area contributed by atoms with Crippen LogP contribution in [0, 0.1) is 5.92 Å². The van der Waals surface area contributed by atoms with Crippen molar-refractivity contribution in [3.63, 3.8) is 0 Å². The Morgan fingerprint density at radius 1 is 1.53 bits per heavy atom. The molecule has 1 atom stereocenters. The second-order valence-corrected chi connectivity index (χ2v) is 4.52. The molecule has 1 unspecified atom stereocenters. The molecule has 0 bridgehead atoms. The topological polar surface area (TPSA) is 21.1 Å². The second-order valence-electron chi connectivity index (χ2n) is 4.52. The van der Waals surface area contributed by atoms with E-state index in [2.05, 4.69) is 37.1 Å². The lowest BCUT2D eigenvalue weighted by Gasteiger charge is -2.16. The quantitative estimate of drug-likeness (QED) is 0.714. The monoisotopic (exact) mass is 209 g/mol. The van der Waals surface area contributed by atoms with Gasteiger partial charge in [-0.25, -0.2) is 0 Å². The first-order chi connectivity index (χ1) is 7.11. The minimum atomic E-state index is 0.739. The summed E-state index contributed by atoms with van der Waals surface area (Å²) in [5.41, 5.74) is 1.35. The summed E-state index contributed by atoms with van der Waals surface area (Å²) in [5.74, 6) is 0.739. The van der Waals surface area contributed by atoms with Gasteiger partial charge in [-0.15, -0.1) is 0 Å². The van der Waals surface area contributed by atoms with Crippen LogP contribution in [0.5, 0.6) is 0 Å². The van der Waals surface area contributed by atoms with Crippen LogP contribution in [0.25, 0.3) is 0 Å². The molecule has 1 aromatic rings. The maximum atomic E-state index is 4.19. The molecular weight excluding hydrogens is 186 g/mol. The molecule has 1 heterocycles. The molecule has 3 heteroatoms. The number of hydrogen-bond acceptors (Lipinski definition) is 2. The van der Waals surface area contributed by atoms with E-state index in [4.69, 9.17) is 0 Å². The Morgan fingerprint density at radius 2 is 2.27 bits per heavy atom. The van der Waals surface area contributed by atoms with Gasteiger partial charge in [-0.2, -0.15) is 5.10 Å². The highest BCUT2D eigenvalue weighted by Crippen LogP contribution is 2.11. The zero-order valence-corrected chi connectivity index (χ0v) is 10.4. The molecule has 3 nitrogen and oxygen atoms in total. The Bertz CT molecular complexity index is 280. The predicted octanol–water partition coefficient (Wildman–Crippen LogP) is 1.94. The number of rotatable bonds is 6. The van der Waals surface area contributed by atoms with Crippen molar-refractivity contribution in [2.24, 2.45) is 13.0 Å².